The van der Waals surface area contributed by atoms with E-state index >= 15 is 0 Å². The molecule has 1 aromatic rings. The van der Waals surface area contributed by atoms with E-state index in [1.807, 2.05) is 18.2 Å². The molecule has 0 unspecified atom stereocenters. The van der Waals surface area contributed by atoms with E-state index in [1.165, 1.54) is 4.90 Å². The van der Waals surface area contributed by atoms with Crippen LogP contribution in [0.3, 0.4) is 0 Å². The van der Waals surface area contributed by atoms with Crippen LogP contribution in [0.25, 0.3) is 0 Å². The van der Waals surface area contributed by atoms with Crippen molar-refractivity contribution in [1.82, 2.24) is 0 Å². The van der Waals surface area contributed by atoms with Gasteiger partial charge in [0, 0.05) is 10.6 Å². The zero-order valence-corrected chi connectivity index (χ0v) is 7.94. The third kappa shape index (κ3) is 2.78. The van der Waals surface area contributed by atoms with Crippen LogP contribution in [-0.2, 0) is 0 Å². The van der Waals surface area contributed by atoms with Crippen LogP contribution >= 0.6 is 11.8 Å². The van der Waals surface area contributed by atoms with Gasteiger partial charge in [0.05, 0.1) is 0 Å². The minimum atomic E-state index is 0.881. The molecule has 2 heteroatoms. The smallest absolute Gasteiger partial charge is 0.0452 e. The molecule has 0 saturated heterocycles. The van der Waals surface area contributed by atoms with Crippen molar-refractivity contribution in [2.75, 3.05) is 11.5 Å². The van der Waals surface area contributed by atoms with E-state index in [-0.39, 0.29) is 0 Å². The SMILES string of the molecule is [CH2]CCCSc1ccccc1N. The Bertz CT molecular complexity index is 235. The molecule has 0 saturated carbocycles. The van der Waals surface area contributed by atoms with Gasteiger partial charge >= 0.3 is 0 Å². The summed E-state index contributed by atoms with van der Waals surface area (Å²) in [4.78, 5) is 1.19. The summed E-state index contributed by atoms with van der Waals surface area (Å²) in [5.74, 6) is 1.11. The van der Waals surface area contributed by atoms with Crippen molar-refractivity contribution >= 4 is 17.4 Å². The van der Waals surface area contributed by atoms with Crippen LogP contribution in [0.2, 0.25) is 0 Å². The summed E-state index contributed by atoms with van der Waals surface area (Å²) in [5.41, 5.74) is 6.65. The molecular formula is C10H14NS. The Morgan fingerprint density at radius 1 is 1.33 bits per heavy atom. The molecule has 0 aliphatic heterocycles. The van der Waals surface area contributed by atoms with E-state index in [2.05, 4.69) is 13.0 Å². The van der Waals surface area contributed by atoms with Crippen molar-refractivity contribution in [3.63, 3.8) is 0 Å². The van der Waals surface area contributed by atoms with Crippen LogP contribution in [-0.4, -0.2) is 5.75 Å². The van der Waals surface area contributed by atoms with Crippen LogP contribution in [0.4, 0.5) is 5.69 Å². The Balaban J connectivity index is 2.46. The normalized spacial score (nSPS) is 10.1. The molecule has 0 aliphatic carbocycles. The fraction of sp³-hybridized carbons (Fsp3) is 0.300. The van der Waals surface area contributed by atoms with Gasteiger partial charge in [-0.2, -0.15) is 0 Å². The maximum atomic E-state index is 5.77. The monoisotopic (exact) mass is 180 g/mol. The molecule has 0 bridgehead atoms. The lowest BCUT2D eigenvalue weighted by molar-refractivity contribution is 0.969. The molecule has 1 aromatic carbocycles. The molecule has 1 nitrogen and oxygen atoms in total. The van der Waals surface area contributed by atoms with E-state index in [4.69, 9.17) is 5.73 Å². The van der Waals surface area contributed by atoms with Crippen molar-refractivity contribution in [2.45, 2.75) is 17.7 Å². The Kier molecular flexibility index (Phi) is 4.01. The van der Waals surface area contributed by atoms with Crippen LogP contribution in [0.1, 0.15) is 12.8 Å². The molecule has 2 N–H and O–H groups in total. The van der Waals surface area contributed by atoms with Gasteiger partial charge in [-0.25, -0.2) is 0 Å². The Hall–Kier alpha value is -0.630. The van der Waals surface area contributed by atoms with Gasteiger partial charge in [-0.15, -0.1) is 11.8 Å². The first-order chi connectivity index (χ1) is 5.84. The lowest BCUT2D eigenvalue weighted by Crippen LogP contribution is -1.88. The minimum Gasteiger partial charge on any atom is -0.398 e. The van der Waals surface area contributed by atoms with Gasteiger partial charge in [0.15, 0.2) is 0 Å². The van der Waals surface area contributed by atoms with Crippen molar-refractivity contribution in [2.24, 2.45) is 0 Å². The third-order valence-corrected chi connectivity index (χ3v) is 2.75. The summed E-state index contributed by atoms with van der Waals surface area (Å²) in [6.07, 6.45) is 2.15. The summed E-state index contributed by atoms with van der Waals surface area (Å²) < 4.78 is 0. The van der Waals surface area contributed by atoms with Gasteiger partial charge in [0.25, 0.3) is 0 Å². The van der Waals surface area contributed by atoms with Gasteiger partial charge < -0.3 is 5.73 Å². The topological polar surface area (TPSA) is 26.0 Å². The van der Waals surface area contributed by atoms with Crippen molar-refractivity contribution in [1.29, 1.82) is 0 Å². The first kappa shape index (κ1) is 9.46. The number of hydrogen-bond donors (Lipinski definition) is 1. The van der Waals surface area contributed by atoms with Crippen LogP contribution in [0.5, 0.6) is 0 Å². The van der Waals surface area contributed by atoms with E-state index in [0.717, 1.165) is 24.3 Å². The van der Waals surface area contributed by atoms with E-state index in [0.29, 0.717) is 0 Å². The van der Waals surface area contributed by atoms with Gasteiger partial charge in [-0.05, 0) is 24.3 Å². The number of rotatable bonds is 4. The van der Waals surface area contributed by atoms with Gasteiger partial charge in [0.1, 0.15) is 0 Å². The molecule has 1 radical (unpaired) electrons. The molecule has 0 fully saturated rings. The van der Waals surface area contributed by atoms with Crippen molar-refractivity contribution < 1.29 is 0 Å². The lowest BCUT2D eigenvalue weighted by atomic mass is 10.3. The second-order valence-electron chi connectivity index (χ2n) is 2.59. The molecule has 0 heterocycles. The largest absolute Gasteiger partial charge is 0.398 e. The summed E-state index contributed by atoms with van der Waals surface area (Å²) in [5, 5.41) is 0. The maximum absolute atomic E-state index is 5.77. The number of benzene rings is 1. The maximum Gasteiger partial charge on any atom is 0.0452 e. The molecule has 0 aromatic heterocycles. The molecule has 65 valence electrons. The molecule has 0 spiro atoms. The molecule has 0 atom stereocenters. The number of unbranched alkanes of at least 4 members (excludes halogenated alkanes) is 1. The molecule has 0 amide bonds. The highest BCUT2D eigenvalue weighted by Crippen LogP contribution is 2.24. The summed E-state index contributed by atoms with van der Waals surface area (Å²) in [6, 6.07) is 7.97. The second kappa shape index (κ2) is 5.09. The average Bonchev–Trinajstić information content (AvgIpc) is 2.09. The fourth-order valence-corrected chi connectivity index (χ4v) is 1.87. The predicted molar refractivity (Wildman–Crippen MR) is 56.2 cm³/mol. The van der Waals surface area contributed by atoms with Gasteiger partial charge in [-0.3, -0.25) is 0 Å². The van der Waals surface area contributed by atoms with Gasteiger partial charge in [0.2, 0.25) is 0 Å². The Morgan fingerprint density at radius 2 is 2.08 bits per heavy atom. The van der Waals surface area contributed by atoms with Crippen LogP contribution in [0.15, 0.2) is 29.2 Å². The molecule has 1 rings (SSSR count). The number of hydrogen-bond acceptors (Lipinski definition) is 2. The number of para-hydroxylation sites is 1. The highest BCUT2D eigenvalue weighted by Gasteiger charge is 1.96. The van der Waals surface area contributed by atoms with E-state index < -0.39 is 0 Å². The zero-order valence-electron chi connectivity index (χ0n) is 7.12. The lowest BCUT2D eigenvalue weighted by Gasteiger charge is -2.03. The summed E-state index contributed by atoms with van der Waals surface area (Å²) in [7, 11) is 0. The first-order valence-electron chi connectivity index (χ1n) is 4.11. The molecular weight excluding hydrogens is 166 g/mol. The zero-order chi connectivity index (χ0) is 8.81. The minimum absolute atomic E-state index is 0.881. The summed E-state index contributed by atoms with van der Waals surface area (Å²) in [6.45, 7) is 3.79. The fourth-order valence-electron chi connectivity index (χ4n) is 0.896. The van der Waals surface area contributed by atoms with Crippen LogP contribution < -0.4 is 5.73 Å². The van der Waals surface area contributed by atoms with Crippen LogP contribution in [0, 0.1) is 6.92 Å². The van der Waals surface area contributed by atoms with Crippen molar-refractivity contribution in [3.8, 4) is 0 Å². The Morgan fingerprint density at radius 3 is 2.75 bits per heavy atom. The Labute approximate surface area is 78.4 Å². The predicted octanol–water partition coefficient (Wildman–Crippen LogP) is 2.98. The van der Waals surface area contributed by atoms with E-state index in [1.54, 1.807) is 11.8 Å². The molecule has 12 heavy (non-hydrogen) atoms. The van der Waals surface area contributed by atoms with Gasteiger partial charge in [-0.1, -0.05) is 25.5 Å². The second-order valence-corrected chi connectivity index (χ2v) is 3.73. The molecule has 0 aliphatic rings. The average molecular weight is 180 g/mol. The number of nitrogens with two attached hydrogens (primary N) is 1. The quantitative estimate of drug-likeness (QED) is 0.438. The van der Waals surface area contributed by atoms with Crippen molar-refractivity contribution in [3.05, 3.63) is 31.2 Å². The highest BCUT2D eigenvalue weighted by molar-refractivity contribution is 7.99. The number of nitrogen functional groups attached to an aromatic ring is 1. The highest BCUT2D eigenvalue weighted by atomic mass is 32.2. The number of thioether (sulfide) groups is 1. The first-order valence-corrected chi connectivity index (χ1v) is 5.09. The standard InChI is InChI=1S/C10H14NS/c1-2-3-8-12-10-7-5-4-6-9(10)11/h4-7H,1-3,8,11H2. The van der Waals surface area contributed by atoms with E-state index in [9.17, 15) is 0 Å². The third-order valence-electron chi connectivity index (χ3n) is 1.57. The summed E-state index contributed by atoms with van der Waals surface area (Å²) >= 11 is 1.81. The number of anilines is 1.